The Balaban J connectivity index is 3.26. The van der Waals surface area contributed by atoms with E-state index in [1.54, 1.807) is 12.1 Å². The first-order valence-corrected chi connectivity index (χ1v) is 5.36. The highest BCUT2D eigenvalue weighted by molar-refractivity contribution is 9.10. The zero-order valence-electron chi connectivity index (χ0n) is 7.93. The van der Waals surface area contributed by atoms with Crippen LogP contribution < -0.4 is 4.74 Å². The monoisotopic (exact) mass is 276 g/mol. The van der Waals surface area contributed by atoms with Crippen LogP contribution in [0.3, 0.4) is 0 Å². The summed E-state index contributed by atoms with van der Waals surface area (Å²) in [6.45, 7) is 3.88. The molecule has 0 aromatic heterocycles. The van der Waals surface area contributed by atoms with Crippen LogP contribution in [0.15, 0.2) is 16.6 Å². The van der Waals surface area contributed by atoms with Crippen molar-refractivity contribution in [1.29, 1.82) is 0 Å². The van der Waals surface area contributed by atoms with E-state index in [4.69, 9.17) is 16.3 Å². The van der Waals surface area contributed by atoms with Gasteiger partial charge >= 0.3 is 0 Å². The van der Waals surface area contributed by atoms with Crippen LogP contribution in [-0.4, -0.2) is 12.4 Å². The average molecular weight is 278 g/mol. The van der Waals surface area contributed by atoms with Crippen LogP contribution >= 0.6 is 27.5 Å². The fourth-order valence-electron chi connectivity index (χ4n) is 1.08. The second-order valence-electron chi connectivity index (χ2n) is 2.73. The molecule has 14 heavy (non-hydrogen) atoms. The molecule has 2 nitrogen and oxygen atoms in total. The van der Waals surface area contributed by atoms with Crippen LogP contribution in [0.25, 0.3) is 0 Å². The van der Waals surface area contributed by atoms with Crippen molar-refractivity contribution in [2.75, 3.05) is 6.61 Å². The third-order valence-corrected chi connectivity index (χ3v) is 2.80. The summed E-state index contributed by atoms with van der Waals surface area (Å²) >= 11 is 9.22. The second-order valence-corrected chi connectivity index (χ2v) is 3.93. The van der Waals surface area contributed by atoms with E-state index in [0.29, 0.717) is 27.4 Å². The normalized spacial score (nSPS) is 10.0. The summed E-state index contributed by atoms with van der Waals surface area (Å²) in [5.74, 6) is 0.511. The molecule has 0 N–H and O–H groups in total. The molecule has 0 saturated carbocycles. The topological polar surface area (TPSA) is 26.3 Å². The minimum Gasteiger partial charge on any atom is -0.491 e. The SMILES string of the molecule is CCOc1c(Cl)ccc(C(C)=O)c1Br. The Labute approximate surface area is 96.3 Å². The van der Waals surface area contributed by atoms with E-state index in [2.05, 4.69) is 15.9 Å². The molecule has 0 atom stereocenters. The number of hydrogen-bond acceptors (Lipinski definition) is 2. The van der Waals surface area contributed by atoms with Gasteiger partial charge in [-0.25, -0.2) is 0 Å². The Morgan fingerprint density at radius 1 is 1.57 bits per heavy atom. The predicted molar refractivity (Wildman–Crippen MR) is 60.3 cm³/mol. The molecule has 1 aromatic carbocycles. The van der Waals surface area contributed by atoms with Crippen molar-refractivity contribution in [1.82, 2.24) is 0 Å². The molecule has 0 radical (unpaired) electrons. The van der Waals surface area contributed by atoms with Gasteiger partial charge in [0.05, 0.1) is 16.1 Å². The number of ketones is 1. The minimum atomic E-state index is -0.0190. The van der Waals surface area contributed by atoms with Crippen molar-refractivity contribution < 1.29 is 9.53 Å². The number of ether oxygens (including phenoxy) is 1. The van der Waals surface area contributed by atoms with Gasteiger partial charge in [-0.1, -0.05) is 11.6 Å². The first-order valence-electron chi connectivity index (χ1n) is 4.19. The summed E-state index contributed by atoms with van der Waals surface area (Å²) in [4.78, 5) is 11.2. The van der Waals surface area contributed by atoms with Gasteiger partial charge in [0.15, 0.2) is 11.5 Å². The summed E-state index contributed by atoms with van der Waals surface area (Å²) in [6, 6.07) is 3.34. The first kappa shape index (κ1) is 11.5. The number of benzene rings is 1. The summed E-state index contributed by atoms with van der Waals surface area (Å²) < 4.78 is 5.95. The Morgan fingerprint density at radius 3 is 2.71 bits per heavy atom. The third kappa shape index (κ3) is 2.28. The van der Waals surface area contributed by atoms with Gasteiger partial charge in [0, 0.05) is 5.56 Å². The highest BCUT2D eigenvalue weighted by Gasteiger charge is 2.13. The predicted octanol–water partition coefficient (Wildman–Crippen LogP) is 3.70. The number of halogens is 2. The largest absolute Gasteiger partial charge is 0.491 e. The highest BCUT2D eigenvalue weighted by atomic mass is 79.9. The van der Waals surface area contributed by atoms with Crippen molar-refractivity contribution in [3.05, 3.63) is 27.2 Å². The van der Waals surface area contributed by atoms with Gasteiger partial charge in [-0.2, -0.15) is 0 Å². The smallest absolute Gasteiger partial charge is 0.161 e. The fraction of sp³-hybridized carbons (Fsp3) is 0.300. The summed E-state index contributed by atoms with van der Waals surface area (Å²) in [7, 11) is 0. The zero-order valence-corrected chi connectivity index (χ0v) is 10.3. The third-order valence-electron chi connectivity index (χ3n) is 1.72. The van der Waals surface area contributed by atoms with Crippen molar-refractivity contribution in [2.24, 2.45) is 0 Å². The zero-order chi connectivity index (χ0) is 10.7. The number of Topliss-reactive ketones (excluding diaryl/α,β-unsaturated/α-hetero) is 1. The maximum Gasteiger partial charge on any atom is 0.161 e. The maximum atomic E-state index is 11.2. The lowest BCUT2D eigenvalue weighted by Gasteiger charge is -2.10. The average Bonchev–Trinajstić information content (AvgIpc) is 2.11. The number of hydrogen-bond donors (Lipinski definition) is 0. The molecular formula is C10H10BrClO2. The molecule has 0 unspecified atom stereocenters. The van der Waals surface area contributed by atoms with Crippen LogP contribution in [0.2, 0.25) is 5.02 Å². The number of rotatable bonds is 3. The van der Waals surface area contributed by atoms with Crippen LogP contribution in [0.4, 0.5) is 0 Å². The van der Waals surface area contributed by atoms with Crippen molar-refractivity contribution in [2.45, 2.75) is 13.8 Å². The van der Waals surface area contributed by atoms with Crippen molar-refractivity contribution >= 4 is 33.3 Å². The molecule has 0 fully saturated rings. The van der Waals surface area contributed by atoms with Crippen LogP contribution in [-0.2, 0) is 0 Å². The van der Waals surface area contributed by atoms with E-state index >= 15 is 0 Å². The van der Waals surface area contributed by atoms with E-state index in [0.717, 1.165) is 0 Å². The van der Waals surface area contributed by atoms with Gasteiger partial charge in [-0.15, -0.1) is 0 Å². The van der Waals surface area contributed by atoms with Gasteiger partial charge < -0.3 is 4.74 Å². The van der Waals surface area contributed by atoms with Crippen LogP contribution in [0.1, 0.15) is 24.2 Å². The number of carbonyl (C=O) groups is 1. The Kier molecular flexibility index (Phi) is 3.96. The molecular weight excluding hydrogens is 267 g/mol. The van der Waals surface area contributed by atoms with Gasteiger partial charge in [-0.3, -0.25) is 4.79 Å². The fourth-order valence-corrected chi connectivity index (χ4v) is 2.15. The molecule has 1 aromatic rings. The second kappa shape index (κ2) is 4.80. The van der Waals surface area contributed by atoms with Gasteiger partial charge in [0.1, 0.15) is 0 Å². The van der Waals surface area contributed by atoms with Crippen LogP contribution in [0.5, 0.6) is 5.75 Å². The molecule has 0 bridgehead atoms. The van der Waals surface area contributed by atoms with E-state index in [1.807, 2.05) is 6.92 Å². The van der Waals surface area contributed by atoms with Crippen molar-refractivity contribution in [3.8, 4) is 5.75 Å². The quantitative estimate of drug-likeness (QED) is 0.787. The minimum absolute atomic E-state index is 0.0190. The Hall–Kier alpha value is -0.540. The van der Waals surface area contributed by atoms with E-state index in [1.165, 1.54) is 6.92 Å². The van der Waals surface area contributed by atoms with E-state index < -0.39 is 0 Å². The highest BCUT2D eigenvalue weighted by Crippen LogP contribution is 2.35. The molecule has 4 heteroatoms. The van der Waals surface area contributed by atoms with Gasteiger partial charge in [-0.05, 0) is 41.9 Å². The lowest BCUT2D eigenvalue weighted by atomic mass is 10.1. The van der Waals surface area contributed by atoms with Crippen molar-refractivity contribution in [3.63, 3.8) is 0 Å². The molecule has 0 aliphatic heterocycles. The van der Waals surface area contributed by atoms with Gasteiger partial charge in [0.25, 0.3) is 0 Å². The van der Waals surface area contributed by atoms with E-state index in [9.17, 15) is 4.79 Å². The molecule has 0 amide bonds. The lowest BCUT2D eigenvalue weighted by molar-refractivity contribution is 0.101. The maximum absolute atomic E-state index is 11.2. The standard InChI is InChI=1S/C10H10BrClO2/c1-3-14-10-8(12)5-4-7(6(2)13)9(10)11/h4-5H,3H2,1-2H3. The summed E-state index contributed by atoms with van der Waals surface area (Å²) in [5, 5.41) is 0.503. The summed E-state index contributed by atoms with van der Waals surface area (Å²) in [6.07, 6.45) is 0. The molecule has 0 aliphatic rings. The molecule has 1 rings (SSSR count). The molecule has 0 aliphatic carbocycles. The molecule has 0 spiro atoms. The van der Waals surface area contributed by atoms with Crippen LogP contribution in [0, 0.1) is 0 Å². The molecule has 0 saturated heterocycles. The summed E-state index contributed by atoms with van der Waals surface area (Å²) in [5.41, 5.74) is 0.581. The molecule has 76 valence electrons. The molecule has 0 heterocycles. The van der Waals surface area contributed by atoms with Gasteiger partial charge in [0.2, 0.25) is 0 Å². The Bertz CT molecular complexity index is 363. The lowest BCUT2D eigenvalue weighted by Crippen LogP contribution is -1.99. The number of carbonyl (C=O) groups excluding carboxylic acids is 1. The van der Waals surface area contributed by atoms with E-state index in [-0.39, 0.29) is 5.78 Å². The Morgan fingerprint density at radius 2 is 2.21 bits per heavy atom. The first-order chi connectivity index (χ1) is 6.57.